The van der Waals surface area contributed by atoms with Crippen LogP contribution in [0.2, 0.25) is 0 Å². The van der Waals surface area contributed by atoms with Gasteiger partial charge in [0, 0.05) is 11.4 Å². The second kappa shape index (κ2) is 5.31. The molecule has 0 fully saturated rings. The Labute approximate surface area is 112 Å². The van der Waals surface area contributed by atoms with E-state index in [1.54, 1.807) is 0 Å². The SMILES string of the molecule is COC(=O)c1csc(Nc2cc(F)c(C)cc2F)n1. The lowest BCUT2D eigenvalue weighted by Gasteiger charge is -2.05. The molecule has 0 unspecified atom stereocenters. The van der Waals surface area contributed by atoms with Gasteiger partial charge in [-0.05, 0) is 18.6 Å². The average Bonchev–Trinajstić information content (AvgIpc) is 2.83. The molecule has 0 aliphatic rings. The third-order valence-corrected chi connectivity index (χ3v) is 3.15. The van der Waals surface area contributed by atoms with Gasteiger partial charge in [-0.1, -0.05) is 0 Å². The Balaban J connectivity index is 2.24. The molecule has 19 heavy (non-hydrogen) atoms. The summed E-state index contributed by atoms with van der Waals surface area (Å²) in [5.41, 5.74) is 0.300. The lowest BCUT2D eigenvalue weighted by molar-refractivity contribution is 0.0595. The van der Waals surface area contributed by atoms with E-state index in [1.807, 2.05) is 0 Å². The minimum Gasteiger partial charge on any atom is -0.464 e. The van der Waals surface area contributed by atoms with Crippen LogP contribution in [-0.2, 0) is 4.74 Å². The predicted octanol–water partition coefficient (Wildman–Crippen LogP) is 3.26. The summed E-state index contributed by atoms with van der Waals surface area (Å²) in [7, 11) is 1.24. The number of ether oxygens (including phenoxy) is 1. The van der Waals surface area contributed by atoms with E-state index in [0.717, 1.165) is 23.5 Å². The van der Waals surface area contributed by atoms with Crippen LogP contribution in [0.4, 0.5) is 19.6 Å². The van der Waals surface area contributed by atoms with E-state index < -0.39 is 17.6 Å². The molecular weight excluding hydrogens is 274 g/mol. The maximum atomic E-state index is 13.6. The third kappa shape index (κ3) is 2.87. The van der Waals surface area contributed by atoms with Crippen LogP contribution in [0, 0.1) is 18.6 Å². The molecule has 0 spiro atoms. The Morgan fingerprint density at radius 1 is 1.37 bits per heavy atom. The van der Waals surface area contributed by atoms with Crippen LogP contribution in [-0.4, -0.2) is 18.1 Å². The molecule has 1 aromatic carbocycles. The van der Waals surface area contributed by atoms with Crippen molar-refractivity contribution in [3.05, 3.63) is 40.4 Å². The number of rotatable bonds is 3. The fourth-order valence-corrected chi connectivity index (χ4v) is 2.08. The molecule has 0 amide bonds. The van der Waals surface area contributed by atoms with Crippen molar-refractivity contribution in [3.8, 4) is 0 Å². The molecule has 100 valence electrons. The number of hydrogen-bond acceptors (Lipinski definition) is 5. The van der Waals surface area contributed by atoms with Crippen LogP contribution in [0.3, 0.4) is 0 Å². The smallest absolute Gasteiger partial charge is 0.357 e. The molecule has 0 saturated heterocycles. The summed E-state index contributed by atoms with van der Waals surface area (Å²) in [6.07, 6.45) is 0. The first-order valence-corrected chi connectivity index (χ1v) is 6.15. The highest BCUT2D eigenvalue weighted by Gasteiger charge is 2.13. The second-order valence-corrected chi connectivity index (χ2v) is 4.59. The number of thiazole rings is 1. The number of nitrogens with one attached hydrogen (secondary N) is 1. The zero-order chi connectivity index (χ0) is 14.0. The highest BCUT2D eigenvalue weighted by atomic mass is 32.1. The van der Waals surface area contributed by atoms with Gasteiger partial charge >= 0.3 is 5.97 Å². The van der Waals surface area contributed by atoms with Crippen LogP contribution >= 0.6 is 11.3 Å². The van der Waals surface area contributed by atoms with E-state index >= 15 is 0 Å². The number of halogens is 2. The van der Waals surface area contributed by atoms with E-state index in [-0.39, 0.29) is 22.1 Å². The maximum Gasteiger partial charge on any atom is 0.357 e. The number of carbonyl (C=O) groups excluding carboxylic acids is 1. The molecule has 1 aromatic heterocycles. The molecule has 0 atom stereocenters. The Morgan fingerprint density at radius 2 is 2.11 bits per heavy atom. The first kappa shape index (κ1) is 13.4. The van der Waals surface area contributed by atoms with Crippen LogP contribution in [0.1, 0.15) is 16.1 Å². The van der Waals surface area contributed by atoms with Crippen molar-refractivity contribution in [2.45, 2.75) is 6.92 Å². The van der Waals surface area contributed by atoms with E-state index in [4.69, 9.17) is 0 Å². The normalized spacial score (nSPS) is 10.3. The van der Waals surface area contributed by atoms with E-state index in [9.17, 15) is 13.6 Å². The molecule has 2 aromatic rings. The van der Waals surface area contributed by atoms with Crippen molar-refractivity contribution in [1.29, 1.82) is 0 Å². The van der Waals surface area contributed by atoms with Gasteiger partial charge in [0.05, 0.1) is 12.8 Å². The Morgan fingerprint density at radius 3 is 2.79 bits per heavy atom. The third-order valence-electron chi connectivity index (χ3n) is 2.39. The number of esters is 1. The second-order valence-electron chi connectivity index (χ2n) is 3.74. The molecule has 4 nitrogen and oxygen atoms in total. The van der Waals surface area contributed by atoms with E-state index in [0.29, 0.717) is 0 Å². The van der Waals surface area contributed by atoms with Crippen molar-refractivity contribution in [2.75, 3.05) is 12.4 Å². The summed E-state index contributed by atoms with van der Waals surface area (Å²) in [4.78, 5) is 15.1. The maximum absolute atomic E-state index is 13.6. The Bertz CT molecular complexity index is 628. The van der Waals surface area contributed by atoms with Crippen molar-refractivity contribution >= 4 is 28.1 Å². The number of aryl methyl sites for hydroxylation is 1. The van der Waals surface area contributed by atoms with Crippen molar-refractivity contribution in [2.24, 2.45) is 0 Å². The Hall–Kier alpha value is -2.02. The van der Waals surface area contributed by atoms with Gasteiger partial charge in [0.1, 0.15) is 11.6 Å². The number of carbonyl (C=O) groups is 1. The molecule has 0 aliphatic carbocycles. The number of aromatic nitrogens is 1. The molecule has 7 heteroatoms. The van der Waals surface area contributed by atoms with Crippen LogP contribution < -0.4 is 5.32 Å². The van der Waals surface area contributed by atoms with Crippen molar-refractivity contribution < 1.29 is 18.3 Å². The largest absolute Gasteiger partial charge is 0.464 e. The van der Waals surface area contributed by atoms with Gasteiger partial charge in [0.25, 0.3) is 0 Å². The zero-order valence-corrected chi connectivity index (χ0v) is 11.0. The number of benzene rings is 1. The van der Waals surface area contributed by atoms with Crippen LogP contribution in [0.15, 0.2) is 17.5 Å². The van der Waals surface area contributed by atoms with Gasteiger partial charge in [0.2, 0.25) is 0 Å². The summed E-state index contributed by atoms with van der Waals surface area (Å²) < 4.78 is 31.5. The standard InChI is InChI=1S/C12H10F2N2O2S/c1-6-3-8(14)9(4-7(6)13)15-12-16-10(5-19-12)11(17)18-2/h3-5H,1-2H3,(H,15,16). The fourth-order valence-electron chi connectivity index (χ4n) is 1.39. The highest BCUT2D eigenvalue weighted by molar-refractivity contribution is 7.14. The van der Waals surface area contributed by atoms with Gasteiger partial charge < -0.3 is 10.1 Å². The van der Waals surface area contributed by atoms with Gasteiger partial charge in [-0.25, -0.2) is 18.6 Å². The summed E-state index contributed by atoms with van der Waals surface area (Å²) in [6.45, 7) is 1.47. The number of nitrogens with zero attached hydrogens (tertiary/aromatic N) is 1. The molecule has 0 saturated carbocycles. The van der Waals surface area contributed by atoms with Crippen LogP contribution in [0.5, 0.6) is 0 Å². The molecule has 0 radical (unpaired) electrons. The lowest BCUT2D eigenvalue weighted by atomic mass is 10.2. The molecular formula is C12H10F2N2O2S. The van der Waals surface area contributed by atoms with Crippen molar-refractivity contribution in [1.82, 2.24) is 4.98 Å². The predicted molar refractivity (Wildman–Crippen MR) is 67.8 cm³/mol. The first-order chi connectivity index (χ1) is 9.01. The van der Waals surface area contributed by atoms with Gasteiger partial charge in [0.15, 0.2) is 10.8 Å². The van der Waals surface area contributed by atoms with Gasteiger partial charge in [-0.3, -0.25) is 0 Å². The lowest BCUT2D eigenvalue weighted by Crippen LogP contribution is -2.02. The van der Waals surface area contributed by atoms with Gasteiger partial charge in [-0.2, -0.15) is 0 Å². The van der Waals surface area contributed by atoms with Gasteiger partial charge in [-0.15, -0.1) is 11.3 Å². The minimum atomic E-state index is -0.589. The molecule has 1 N–H and O–H groups in total. The van der Waals surface area contributed by atoms with E-state index in [2.05, 4.69) is 15.0 Å². The summed E-state index contributed by atoms with van der Waals surface area (Å²) in [5, 5.41) is 4.37. The number of methoxy groups -OCH3 is 1. The molecule has 0 aliphatic heterocycles. The molecule has 2 rings (SSSR count). The minimum absolute atomic E-state index is 0.0335. The first-order valence-electron chi connectivity index (χ1n) is 5.27. The topological polar surface area (TPSA) is 51.2 Å². The van der Waals surface area contributed by atoms with Crippen LogP contribution in [0.25, 0.3) is 0 Å². The van der Waals surface area contributed by atoms with E-state index in [1.165, 1.54) is 19.4 Å². The van der Waals surface area contributed by atoms with Crippen molar-refractivity contribution in [3.63, 3.8) is 0 Å². The monoisotopic (exact) mass is 284 g/mol. The molecule has 1 heterocycles. The summed E-state index contributed by atoms with van der Waals surface area (Å²) >= 11 is 1.09. The molecule has 0 bridgehead atoms. The fraction of sp³-hybridized carbons (Fsp3) is 0.167. The number of hydrogen-bond donors (Lipinski definition) is 1. The average molecular weight is 284 g/mol. The quantitative estimate of drug-likeness (QED) is 0.879. The Kier molecular flexibility index (Phi) is 3.75. The zero-order valence-electron chi connectivity index (χ0n) is 10.2. The number of anilines is 2. The summed E-state index contributed by atoms with van der Waals surface area (Å²) in [6, 6.07) is 2.14. The summed E-state index contributed by atoms with van der Waals surface area (Å²) in [5.74, 6) is -1.69. The highest BCUT2D eigenvalue weighted by Crippen LogP contribution is 2.25.